The molecule has 0 amide bonds. The van der Waals surface area contributed by atoms with Crippen molar-refractivity contribution in [2.75, 3.05) is 26.2 Å². The molecule has 1 aliphatic heterocycles. The van der Waals surface area contributed by atoms with E-state index in [1.807, 2.05) is 0 Å². The number of hydrogen-bond donors (Lipinski definition) is 1. The molecule has 2 aliphatic rings. The van der Waals surface area contributed by atoms with Crippen LogP contribution in [-0.4, -0.2) is 37.1 Å². The van der Waals surface area contributed by atoms with E-state index in [4.69, 9.17) is 6.42 Å². The fraction of sp³-hybridized carbons (Fsp3) is 0.833. The lowest BCUT2D eigenvalue weighted by Gasteiger charge is -2.32. The number of nitrogens with one attached hydrogen (secondary N) is 1. The van der Waals surface area contributed by atoms with Crippen LogP contribution in [0.2, 0.25) is 0 Å². The molecule has 2 rings (SSSR count). The molecule has 2 fully saturated rings. The molecule has 0 unspecified atom stereocenters. The Bertz CT molecular complexity index is 207. The second-order valence-corrected chi connectivity index (χ2v) is 4.60. The van der Waals surface area contributed by atoms with Gasteiger partial charge in [-0.05, 0) is 44.7 Å². The lowest BCUT2D eigenvalue weighted by Crippen LogP contribution is -2.43. The SMILES string of the molecule is C#CCNC1CCN(CC2CC2)CC1. The summed E-state index contributed by atoms with van der Waals surface area (Å²) in [6, 6.07) is 0.668. The maximum atomic E-state index is 5.22. The number of nitrogens with zero attached hydrogens (tertiary/aromatic N) is 1. The summed E-state index contributed by atoms with van der Waals surface area (Å²) in [5.41, 5.74) is 0. The van der Waals surface area contributed by atoms with Crippen molar-refractivity contribution >= 4 is 0 Å². The average Bonchev–Trinajstić information content (AvgIpc) is 3.01. The van der Waals surface area contributed by atoms with Crippen molar-refractivity contribution in [3.05, 3.63) is 0 Å². The summed E-state index contributed by atoms with van der Waals surface area (Å²) in [5, 5.41) is 3.40. The number of rotatable bonds is 4. The molecule has 0 aromatic rings. The molecule has 1 saturated heterocycles. The molecular formula is C12H20N2. The summed E-state index contributed by atoms with van der Waals surface area (Å²) in [6.07, 6.45) is 10.7. The summed E-state index contributed by atoms with van der Waals surface area (Å²) in [5.74, 6) is 3.68. The quantitative estimate of drug-likeness (QED) is 0.671. The van der Waals surface area contributed by atoms with E-state index in [0.29, 0.717) is 6.04 Å². The van der Waals surface area contributed by atoms with E-state index < -0.39 is 0 Å². The minimum atomic E-state index is 0.668. The third-order valence-corrected chi connectivity index (χ3v) is 3.29. The Kier molecular flexibility index (Phi) is 3.44. The van der Waals surface area contributed by atoms with Gasteiger partial charge in [0.1, 0.15) is 0 Å². The van der Waals surface area contributed by atoms with Gasteiger partial charge in [0.2, 0.25) is 0 Å². The van der Waals surface area contributed by atoms with Gasteiger partial charge in [-0.3, -0.25) is 0 Å². The molecule has 0 atom stereocenters. The van der Waals surface area contributed by atoms with Gasteiger partial charge in [-0.1, -0.05) is 5.92 Å². The van der Waals surface area contributed by atoms with Gasteiger partial charge in [0, 0.05) is 12.6 Å². The zero-order valence-corrected chi connectivity index (χ0v) is 8.84. The topological polar surface area (TPSA) is 15.3 Å². The molecule has 0 aromatic heterocycles. The first-order valence-corrected chi connectivity index (χ1v) is 5.77. The second-order valence-electron chi connectivity index (χ2n) is 4.60. The van der Waals surface area contributed by atoms with Crippen LogP contribution in [0.4, 0.5) is 0 Å². The highest BCUT2D eigenvalue weighted by Crippen LogP contribution is 2.30. The average molecular weight is 192 g/mol. The molecule has 1 aliphatic carbocycles. The van der Waals surface area contributed by atoms with E-state index in [1.165, 1.54) is 45.3 Å². The van der Waals surface area contributed by atoms with Gasteiger partial charge in [-0.15, -0.1) is 6.42 Å². The van der Waals surface area contributed by atoms with E-state index in [1.54, 1.807) is 0 Å². The van der Waals surface area contributed by atoms with Crippen molar-refractivity contribution in [2.45, 2.75) is 31.7 Å². The predicted octanol–water partition coefficient (Wildman–Crippen LogP) is 1.08. The molecule has 0 radical (unpaired) electrons. The summed E-state index contributed by atoms with van der Waals surface area (Å²) in [7, 11) is 0. The predicted molar refractivity (Wildman–Crippen MR) is 59.0 cm³/mol. The van der Waals surface area contributed by atoms with E-state index in [2.05, 4.69) is 16.1 Å². The molecule has 0 aromatic carbocycles. The van der Waals surface area contributed by atoms with Crippen LogP contribution in [0.3, 0.4) is 0 Å². The number of likely N-dealkylation sites (tertiary alicyclic amines) is 1. The molecule has 14 heavy (non-hydrogen) atoms. The number of piperidine rings is 1. The largest absolute Gasteiger partial charge is 0.303 e. The highest BCUT2D eigenvalue weighted by atomic mass is 15.1. The maximum Gasteiger partial charge on any atom is 0.0575 e. The van der Waals surface area contributed by atoms with Crippen LogP contribution in [0.5, 0.6) is 0 Å². The van der Waals surface area contributed by atoms with Gasteiger partial charge < -0.3 is 10.2 Å². The van der Waals surface area contributed by atoms with Crippen molar-refractivity contribution in [1.29, 1.82) is 0 Å². The third kappa shape index (κ3) is 3.01. The lowest BCUT2D eigenvalue weighted by atomic mass is 10.0. The maximum absolute atomic E-state index is 5.22. The Hall–Kier alpha value is -0.520. The third-order valence-electron chi connectivity index (χ3n) is 3.29. The molecule has 1 N–H and O–H groups in total. The summed E-state index contributed by atoms with van der Waals surface area (Å²) in [4.78, 5) is 2.62. The van der Waals surface area contributed by atoms with Gasteiger partial charge in [0.25, 0.3) is 0 Å². The van der Waals surface area contributed by atoms with Crippen molar-refractivity contribution in [1.82, 2.24) is 10.2 Å². The minimum Gasteiger partial charge on any atom is -0.303 e. The van der Waals surface area contributed by atoms with Gasteiger partial charge in [-0.2, -0.15) is 0 Å². The standard InChI is InChI=1S/C12H20N2/c1-2-7-13-12-5-8-14(9-6-12)10-11-3-4-11/h1,11-13H,3-10H2. The first-order valence-electron chi connectivity index (χ1n) is 5.77. The molecule has 2 heteroatoms. The fourth-order valence-electron chi connectivity index (χ4n) is 2.19. The molecule has 1 saturated carbocycles. The van der Waals surface area contributed by atoms with Crippen LogP contribution in [0.15, 0.2) is 0 Å². The smallest absolute Gasteiger partial charge is 0.0575 e. The Labute approximate surface area is 87.1 Å². The molecule has 0 bridgehead atoms. The minimum absolute atomic E-state index is 0.668. The molecule has 78 valence electrons. The number of terminal acetylenes is 1. The van der Waals surface area contributed by atoms with Crippen molar-refractivity contribution in [3.8, 4) is 12.3 Å². The lowest BCUT2D eigenvalue weighted by molar-refractivity contribution is 0.193. The zero-order valence-electron chi connectivity index (χ0n) is 8.84. The Morgan fingerprint density at radius 2 is 1.93 bits per heavy atom. The van der Waals surface area contributed by atoms with Crippen LogP contribution in [0.25, 0.3) is 0 Å². The van der Waals surface area contributed by atoms with Gasteiger partial charge >= 0.3 is 0 Å². The van der Waals surface area contributed by atoms with Crippen LogP contribution < -0.4 is 5.32 Å². The monoisotopic (exact) mass is 192 g/mol. The first kappa shape index (κ1) is 10.0. The van der Waals surface area contributed by atoms with Crippen molar-refractivity contribution in [2.24, 2.45) is 5.92 Å². The Morgan fingerprint density at radius 1 is 1.21 bits per heavy atom. The second kappa shape index (κ2) is 4.82. The van der Waals surface area contributed by atoms with E-state index >= 15 is 0 Å². The van der Waals surface area contributed by atoms with Gasteiger partial charge in [0.05, 0.1) is 6.54 Å². The highest BCUT2D eigenvalue weighted by Gasteiger charge is 2.26. The van der Waals surface area contributed by atoms with Crippen molar-refractivity contribution < 1.29 is 0 Å². The van der Waals surface area contributed by atoms with Crippen LogP contribution >= 0.6 is 0 Å². The van der Waals surface area contributed by atoms with Crippen molar-refractivity contribution in [3.63, 3.8) is 0 Å². The molecular weight excluding hydrogens is 172 g/mol. The molecule has 1 heterocycles. The van der Waals surface area contributed by atoms with Gasteiger partial charge in [-0.25, -0.2) is 0 Å². The highest BCUT2D eigenvalue weighted by molar-refractivity contribution is 4.90. The van der Waals surface area contributed by atoms with E-state index in [-0.39, 0.29) is 0 Å². The summed E-state index contributed by atoms with van der Waals surface area (Å²) >= 11 is 0. The van der Waals surface area contributed by atoms with Crippen LogP contribution in [0.1, 0.15) is 25.7 Å². The van der Waals surface area contributed by atoms with E-state index in [9.17, 15) is 0 Å². The van der Waals surface area contributed by atoms with E-state index in [0.717, 1.165) is 12.5 Å². The summed E-state index contributed by atoms with van der Waals surface area (Å²) in [6.45, 7) is 4.60. The van der Waals surface area contributed by atoms with Crippen LogP contribution in [-0.2, 0) is 0 Å². The fourth-order valence-corrected chi connectivity index (χ4v) is 2.19. The van der Waals surface area contributed by atoms with Crippen LogP contribution in [0, 0.1) is 18.3 Å². The normalized spacial score (nSPS) is 24.8. The molecule has 2 nitrogen and oxygen atoms in total. The zero-order chi connectivity index (χ0) is 9.80. The Balaban J connectivity index is 1.61. The summed E-state index contributed by atoms with van der Waals surface area (Å²) < 4.78 is 0. The number of hydrogen-bond acceptors (Lipinski definition) is 2. The molecule has 0 spiro atoms. The Morgan fingerprint density at radius 3 is 2.50 bits per heavy atom. The van der Waals surface area contributed by atoms with Gasteiger partial charge in [0.15, 0.2) is 0 Å². The first-order chi connectivity index (χ1) is 6.88.